The fourth-order valence-electron chi connectivity index (χ4n) is 6.83. The van der Waals surface area contributed by atoms with Crippen LogP contribution in [0.5, 0.6) is 5.75 Å². The number of hydrogen-bond donors (Lipinski definition) is 2. The Balaban J connectivity index is 0.000000876. The average Bonchev–Trinajstić information content (AvgIpc) is 3.75. The number of amides is 1. The molecule has 5 rings (SSSR count). The monoisotopic (exact) mass is 792 g/mol. The van der Waals surface area contributed by atoms with Crippen LogP contribution in [0.15, 0.2) is 91.3 Å². The molecule has 55 heavy (non-hydrogen) atoms. The predicted molar refractivity (Wildman–Crippen MR) is 228 cm³/mol. The smallest absolute Gasteiger partial charge is 0.404 e. The van der Waals surface area contributed by atoms with Crippen LogP contribution < -0.4 is 9.84 Å². The molecule has 1 unspecified atom stereocenters. The third-order valence-electron chi connectivity index (χ3n) is 9.99. The van der Waals surface area contributed by atoms with Crippen molar-refractivity contribution in [3.05, 3.63) is 102 Å². The Morgan fingerprint density at radius 2 is 1.38 bits per heavy atom. The molecule has 300 valence electrons. The van der Waals surface area contributed by atoms with Gasteiger partial charge in [-0.2, -0.15) is 0 Å². The Morgan fingerprint density at radius 3 is 2.05 bits per heavy atom. The first-order valence-electron chi connectivity index (χ1n) is 20.2. The lowest BCUT2D eigenvalue weighted by molar-refractivity contribution is -0.120. The van der Waals surface area contributed by atoms with Gasteiger partial charge in [0.2, 0.25) is 5.91 Å². The van der Waals surface area contributed by atoms with Crippen LogP contribution >= 0.6 is 19.4 Å². The molecule has 2 N–H and O–H groups in total. The first-order valence-corrected chi connectivity index (χ1v) is 22.1. The molecular weight excluding hydrogens is 731 g/mol. The Bertz CT molecular complexity index is 1890. The number of aromatic nitrogens is 2. The summed E-state index contributed by atoms with van der Waals surface area (Å²) < 4.78 is 26.6. The van der Waals surface area contributed by atoms with Gasteiger partial charge in [0.05, 0.1) is 13.0 Å². The van der Waals surface area contributed by atoms with Crippen LogP contribution in [0, 0.1) is 0 Å². The van der Waals surface area contributed by atoms with Crippen molar-refractivity contribution in [1.82, 2.24) is 19.4 Å². The summed E-state index contributed by atoms with van der Waals surface area (Å²) in [6.07, 6.45) is 15.4. The lowest BCUT2D eigenvalue weighted by Gasteiger charge is -2.13. The summed E-state index contributed by atoms with van der Waals surface area (Å²) in [7, 11) is -4.07. The summed E-state index contributed by atoms with van der Waals surface area (Å²) >= 11 is 6.16. The summed E-state index contributed by atoms with van der Waals surface area (Å²) in [5.74, 6) is 0.396. The van der Waals surface area contributed by atoms with Gasteiger partial charge in [0.15, 0.2) is 0 Å². The Kier molecular flexibility index (Phi) is 19.4. The molecule has 1 atom stereocenters. The van der Waals surface area contributed by atoms with E-state index >= 15 is 0 Å². The number of unbranched alkanes of at least 4 members (excludes halogenated alkanes) is 9. The number of para-hydroxylation sites is 2. The number of rotatable bonds is 24. The fraction of sp³-hybridized carbons (Fsp3) is 0.477. The van der Waals surface area contributed by atoms with Gasteiger partial charge in [-0.25, -0.2) is 4.57 Å². The fourth-order valence-corrected chi connectivity index (χ4v) is 7.81. The van der Waals surface area contributed by atoms with Crippen LogP contribution in [-0.4, -0.2) is 57.6 Å². The molecule has 3 aromatic carbocycles. The molecule has 11 heteroatoms. The molecule has 0 aliphatic carbocycles. The van der Waals surface area contributed by atoms with E-state index in [1.165, 1.54) is 50.8 Å². The molecule has 0 spiro atoms. The van der Waals surface area contributed by atoms with Crippen LogP contribution in [0.25, 0.3) is 21.8 Å². The molecule has 9 nitrogen and oxygen atoms in total. The van der Waals surface area contributed by atoms with E-state index in [0.29, 0.717) is 18.7 Å². The largest absolute Gasteiger partial charge is 0.527 e. The van der Waals surface area contributed by atoms with Gasteiger partial charge < -0.3 is 23.9 Å². The number of fused-ring (bicyclic) bond motifs is 2. The van der Waals surface area contributed by atoms with E-state index in [1.54, 1.807) is 24.3 Å². The highest BCUT2D eigenvalue weighted by atomic mass is 35.5. The summed E-state index contributed by atoms with van der Waals surface area (Å²) in [5, 5.41) is 6.14. The topological polar surface area (TPSA) is 98.0 Å². The second-order valence-corrected chi connectivity index (χ2v) is 15.8. The van der Waals surface area contributed by atoms with E-state index in [4.69, 9.17) is 20.6 Å². The molecule has 5 aromatic rings. The zero-order chi connectivity index (χ0) is 39.3. The number of aryl methyl sites for hydroxylation is 2. The number of nitrogens with zero attached hydrogens (tertiary/aromatic N) is 3. The van der Waals surface area contributed by atoms with Gasteiger partial charge in [0.1, 0.15) is 5.75 Å². The molecule has 0 saturated carbocycles. The first-order chi connectivity index (χ1) is 26.7. The van der Waals surface area contributed by atoms with Gasteiger partial charge in [0, 0.05) is 58.9 Å². The highest BCUT2D eigenvalue weighted by Crippen LogP contribution is 2.43. The molecule has 0 fully saturated rings. The number of phosphoric ester groups is 1. The number of hydrogen-bond acceptors (Lipinski definition) is 5. The summed E-state index contributed by atoms with van der Waals surface area (Å²) in [4.78, 5) is 25.0. The molecule has 2 heterocycles. The standard InChI is InChI=1S/C38H47ClN3O5P.C6H15N/c39-33-20-21-36-31(28-33)22-24-41(36)25-26-42-30-32(35-18-12-13-19-37(35)42)29-38(43)40-23-14-7-5-3-1-2-4-6-8-15-27-46-48(44,45)47-34-16-10-9-11-17-34;1-4-7(5-2)6-3/h9-13,16-22,24,28,30H,1-8,14-15,23,25-27,29H2,(H,40,43)(H,44,45);4-6H2,1-3H3. The third kappa shape index (κ3) is 15.5. The van der Waals surface area contributed by atoms with E-state index in [0.717, 1.165) is 78.5 Å². The number of halogens is 1. The highest BCUT2D eigenvalue weighted by molar-refractivity contribution is 7.47. The Labute approximate surface area is 333 Å². The van der Waals surface area contributed by atoms with Gasteiger partial charge >= 0.3 is 7.82 Å². The molecular formula is C44H62ClN4O5P. The predicted octanol–water partition coefficient (Wildman–Crippen LogP) is 11.1. The maximum atomic E-state index is 12.8. The molecule has 0 bridgehead atoms. The zero-order valence-corrected chi connectivity index (χ0v) is 34.8. The van der Waals surface area contributed by atoms with Crippen molar-refractivity contribution in [2.45, 2.75) is 104 Å². The summed E-state index contributed by atoms with van der Waals surface area (Å²) in [6, 6.07) is 24.9. The number of nitrogens with one attached hydrogen (secondary N) is 1. The minimum absolute atomic E-state index is 0.0714. The second-order valence-electron chi connectivity index (χ2n) is 14.0. The normalized spacial score (nSPS) is 12.5. The van der Waals surface area contributed by atoms with Crippen molar-refractivity contribution in [3.63, 3.8) is 0 Å². The zero-order valence-electron chi connectivity index (χ0n) is 33.1. The Morgan fingerprint density at radius 1 is 0.764 bits per heavy atom. The summed E-state index contributed by atoms with van der Waals surface area (Å²) in [5.41, 5.74) is 3.38. The van der Waals surface area contributed by atoms with Gasteiger partial charge in [0.25, 0.3) is 0 Å². The van der Waals surface area contributed by atoms with Crippen LogP contribution in [0.3, 0.4) is 0 Å². The van der Waals surface area contributed by atoms with E-state index in [2.05, 4.69) is 82.8 Å². The molecule has 1 amide bonds. The number of carbonyl (C=O) groups excluding carboxylic acids is 1. The van der Waals surface area contributed by atoms with Crippen LogP contribution in [-0.2, 0) is 33.4 Å². The van der Waals surface area contributed by atoms with Crippen molar-refractivity contribution in [1.29, 1.82) is 0 Å². The number of phosphoric acid groups is 1. The van der Waals surface area contributed by atoms with Crippen molar-refractivity contribution < 1.29 is 23.3 Å². The lowest BCUT2D eigenvalue weighted by Crippen LogP contribution is -2.26. The molecule has 2 aromatic heterocycles. The molecule has 0 aliphatic heterocycles. The maximum absolute atomic E-state index is 12.8. The highest BCUT2D eigenvalue weighted by Gasteiger charge is 2.22. The van der Waals surface area contributed by atoms with Gasteiger partial charge in [-0.3, -0.25) is 14.2 Å². The molecule has 0 saturated heterocycles. The van der Waals surface area contributed by atoms with E-state index in [1.807, 2.05) is 24.3 Å². The van der Waals surface area contributed by atoms with Crippen molar-refractivity contribution >= 4 is 47.1 Å². The van der Waals surface area contributed by atoms with Gasteiger partial charge in [-0.15, -0.1) is 0 Å². The minimum Gasteiger partial charge on any atom is -0.404 e. The summed E-state index contributed by atoms with van der Waals surface area (Å²) in [6.45, 7) is 12.7. The second kappa shape index (κ2) is 24.1. The van der Waals surface area contributed by atoms with E-state index in [-0.39, 0.29) is 12.5 Å². The van der Waals surface area contributed by atoms with E-state index < -0.39 is 7.82 Å². The van der Waals surface area contributed by atoms with Crippen LogP contribution in [0.1, 0.15) is 90.5 Å². The average molecular weight is 793 g/mol. The minimum atomic E-state index is -4.07. The van der Waals surface area contributed by atoms with Gasteiger partial charge in [-0.05, 0) is 80.5 Å². The third-order valence-corrected chi connectivity index (χ3v) is 11.2. The SMILES string of the molecule is CCN(CC)CC.O=C(Cc1cn(CCn2ccc3cc(Cl)ccc32)c2ccccc12)NCCCCCCCCCCCCOP(=O)(O)Oc1ccccc1. The van der Waals surface area contributed by atoms with Crippen LogP contribution in [0.4, 0.5) is 0 Å². The quantitative estimate of drug-likeness (QED) is 0.0477. The lowest BCUT2D eigenvalue weighted by atomic mass is 10.1. The molecule has 0 radical (unpaired) electrons. The van der Waals surface area contributed by atoms with E-state index in [9.17, 15) is 14.3 Å². The first kappa shape index (κ1) is 44.1. The van der Waals surface area contributed by atoms with Gasteiger partial charge in [-0.1, -0.05) is 120 Å². The number of benzene rings is 3. The maximum Gasteiger partial charge on any atom is 0.527 e. The van der Waals surface area contributed by atoms with Crippen molar-refractivity contribution in [3.8, 4) is 5.75 Å². The van der Waals surface area contributed by atoms with Crippen molar-refractivity contribution in [2.75, 3.05) is 32.8 Å². The van der Waals surface area contributed by atoms with Crippen LogP contribution in [0.2, 0.25) is 5.02 Å². The number of carbonyl (C=O) groups is 1. The molecule has 0 aliphatic rings. The van der Waals surface area contributed by atoms with Crippen molar-refractivity contribution in [2.24, 2.45) is 0 Å². The Hall–Kier alpha value is -3.59.